The number of carbonyl (C=O) groups is 1. The summed E-state index contributed by atoms with van der Waals surface area (Å²) in [4.78, 5) is 15.8. The fourth-order valence-electron chi connectivity index (χ4n) is 1.45. The smallest absolute Gasteiger partial charge is 0.221 e. The number of nitrogen functional groups attached to an aromatic ring is 1. The van der Waals surface area contributed by atoms with Crippen molar-refractivity contribution in [3.63, 3.8) is 0 Å². The molecule has 1 aromatic rings. The van der Waals surface area contributed by atoms with E-state index in [1.54, 1.807) is 0 Å². The molecule has 1 amide bonds. The van der Waals surface area contributed by atoms with Crippen molar-refractivity contribution in [1.29, 1.82) is 0 Å². The first-order chi connectivity index (χ1) is 8.52. The first-order valence-corrected chi connectivity index (χ1v) is 6.29. The highest BCUT2D eigenvalue weighted by molar-refractivity contribution is 5.76. The molecule has 1 unspecified atom stereocenters. The Morgan fingerprint density at radius 3 is 2.89 bits per heavy atom. The van der Waals surface area contributed by atoms with Crippen LogP contribution in [0.1, 0.15) is 32.4 Å². The summed E-state index contributed by atoms with van der Waals surface area (Å²) >= 11 is 0. The second-order valence-corrected chi connectivity index (χ2v) is 4.44. The van der Waals surface area contributed by atoms with Crippen molar-refractivity contribution in [2.45, 2.75) is 39.7 Å². The molecule has 18 heavy (non-hydrogen) atoms. The lowest BCUT2D eigenvalue weighted by Crippen LogP contribution is -2.33. The number of amides is 1. The normalized spacial score (nSPS) is 11.9. The van der Waals surface area contributed by atoms with Crippen LogP contribution in [-0.2, 0) is 4.79 Å². The highest BCUT2D eigenvalue weighted by Crippen LogP contribution is 2.14. The Hall–Kier alpha value is -1.78. The topological polar surface area (TPSA) is 80.0 Å². The summed E-state index contributed by atoms with van der Waals surface area (Å²) in [5, 5.41) is 5.99. The van der Waals surface area contributed by atoms with Gasteiger partial charge in [-0.15, -0.1) is 0 Å². The maximum absolute atomic E-state index is 11.6. The number of nitrogens with two attached hydrogens (primary N) is 1. The molecular weight excluding hydrogens is 228 g/mol. The minimum Gasteiger partial charge on any atom is -0.396 e. The van der Waals surface area contributed by atoms with Crippen LogP contribution < -0.4 is 16.4 Å². The quantitative estimate of drug-likeness (QED) is 0.717. The minimum atomic E-state index is 0.0445. The zero-order valence-corrected chi connectivity index (χ0v) is 11.3. The van der Waals surface area contributed by atoms with Crippen molar-refractivity contribution in [2.75, 3.05) is 17.6 Å². The van der Waals surface area contributed by atoms with Crippen molar-refractivity contribution in [3.05, 3.63) is 17.8 Å². The van der Waals surface area contributed by atoms with E-state index < -0.39 is 0 Å². The van der Waals surface area contributed by atoms with Gasteiger partial charge in [-0.3, -0.25) is 4.79 Å². The molecule has 0 aliphatic carbocycles. The van der Waals surface area contributed by atoms with E-state index in [1.807, 2.05) is 32.9 Å². The summed E-state index contributed by atoms with van der Waals surface area (Å²) in [6, 6.07) is 3.89. The summed E-state index contributed by atoms with van der Waals surface area (Å²) in [5.41, 5.74) is 7.28. The van der Waals surface area contributed by atoms with Crippen LogP contribution in [0.25, 0.3) is 0 Å². The van der Waals surface area contributed by atoms with Gasteiger partial charge in [-0.25, -0.2) is 4.98 Å². The molecule has 1 rings (SSSR count). The van der Waals surface area contributed by atoms with Crippen LogP contribution in [0.15, 0.2) is 12.1 Å². The highest BCUT2D eigenvalue weighted by Gasteiger charge is 2.06. The molecule has 0 aromatic carbocycles. The van der Waals surface area contributed by atoms with Gasteiger partial charge in [0.2, 0.25) is 5.91 Å². The number of nitrogens with zero attached hydrogens (tertiary/aromatic N) is 1. The van der Waals surface area contributed by atoms with E-state index in [9.17, 15) is 4.79 Å². The number of anilines is 2. The van der Waals surface area contributed by atoms with Crippen LogP contribution in [-0.4, -0.2) is 23.5 Å². The second-order valence-electron chi connectivity index (χ2n) is 4.44. The Bertz CT molecular complexity index is 406. The molecule has 0 aliphatic heterocycles. The van der Waals surface area contributed by atoms with E-state index in [1.165, 1.54) is 0 Å². The molecule has 0 bridgehead atoms. The van der Waals surface area contributed by atoms with Gasteiger partial charge in [0, 0.05) is 24.7 Å². The predicted molar refractivity (Wildman–Crippen MR) is 74.4 cm³/mol. The minimum absolute atomic E-state index is 0.0445. The van der Waals surface area contributed by atoms with Gasteiger partial charge in [0.05, 0.1) is 5.69 Å². The maximum atomic E-state index is 11.6. The average Bonchev–Trinajstić information content (AvgIpc) is 2.33. The number of hydrogen-bond acceptors (Lipinski definition) is 4. The number of rotatable bonds is 6. The molecule has 1 aromatic heterocycles. The monoisotopic (exact) mass is 250 g/mol. The van der Waals surface area contributed by atoms with E-state index in [0.29, 0.717) is 24.5 Å². The molecule has 1 atom stereocenters. The molecule has 0 saturated carbocycles. The first-order valence-electron chi connectivity index (χ1n) is 6.29. The van der Waals surface area contributed by atoms with E-state index in [0.717, 1.165) is 12.1 Å². The third-order valence-corrected chi connectivity index (χ3v) is 2.73. The summed E-state index contributed by atoms with van der Waals surface area (Å²) in [7, 11) is 0. The third kappa shape index (κ3) is 4.61. The van der Waals surface area contributed by atoms with Crippen molar-refractivity contribution >= 4 is 17.4 Å². The Balaban J connectivity index is 2.37. The maximum Gasteiger partial charge on any atom is 0.221 e. The molecule has 0 fully saturated rings. The van der Waals surface area contributed by atoms with E-state index in [-0.39, 0.29) is 11.9 Å². The summed E-state index contributed by atoms with van der Waals surface area (Å²) in [6.45, 7) is 6.47. The van der Waals surface area contributed by atoms with Crippen LogP contribution in [0.5, 0.6) is 0 Å². The molecule has 100 valence electrons. The molecule has 4 N–H and O–H groups in total. The van der Waals surface area contributed by atoms with Gasteiger partial charge < -0.3 is 16.4 Å². The van der Waals surface area contributed by atoms with E-state index in [4.69, 9.17) is 5.73 Å². The Morgan fingerprint density at radius 2 is 2.22 bits per heavy atom. The third-order valence-electron chi connectivity index (χ3n) is 2.73. The molecule has 0 radical (unpaired) electrons. The fourth-order valence-corrected chi connectivity index (χ4v) is 1.45. The number of carbonyl (C=O) groups excluding carboxylic acids is 1. The van der Waals surface area contributed by atoms with Gasteiger partial charge >= 0.3 is 0 Å². The number of hydrogen-bond donors (Lipinski definition) is 3. The summed E-state index contributed by atoms with van der Waals surface area (Å²) in [6.07, 6.45) is 1.35. The number of pyridine rings is 1. The number of aryl methyl sites for hydroxylation is 1. The molecule has 5 heteroatoms. The van der Waals surface area contributed by atoms with Gasteiger partial charge in [0.15, 0.2) is 0 Å². The lowest BCUT2D eigenvalue weighted by Gasteiger charge is -2.12. The fraction of sp³-hybridized carbons (Fsp3) is 0.538. The molecule has 0 saturated heterocycles. The Labute approximate surface area is 108 Å². The van der Waals surface area contributed by atoms with Crippen molar-refractivity contribution in [1.82, 2.24) is 10.3 Å². The van der Waals surface area contributed by atoms with Gasteiger partial charge in [0.25, 0.3) is 0 Å². The van der Waals surface area contributed by atoms with Crippen molar-refractivity contribution < 1.29 is 4.79 Å². The van der Waals surface area contributed by atoms with Gasteiger partial charge in [-0.05, 0) is 32.4 Å². The average molecular weight is 250 g/mol. The lowest BCUT2D eigenvalue weighted by atomic mass is 10.2. The summed E-state index contributed by atoms with van der Waals surface area (Å²) < 4.78 is 0. The lowest BCUT2D eigenvalue weighted by molar-refractivity contribution is -0.121. The van der Waals surface area contributed by atoms with Crippen molar-refractivity contribution in [3.8, 4) is 0 Å². The van der Waals surface area contributed by atoms with Gasteiger partial charge in [-0.2, -0.15) is 0 Å². The molecule has 5 nitrogen and oxygen atoms in total. The van der Waals surface area contributed by atoms with E-state index in [2.05, 4.69) is 15.6 Å². The predicted octanol–water partition coefficient (Wildman–Crippen LogP) is 1.69. The Morgan fingerprint density at radius 1 is 1.50 bits per heavy atom. The van der Waals surface area contributed by atoms with Crippen LogP contribution in [0.4, 0.5) is 11.5 Å². The van der Waals surface area contributed by atoms with E-state index >= 15 is 0 Å². The number of aromatic nitrogens is 1. The van der Waals surface area contributed by atoms with Crippen LogP contribution in [0.3, 0.4) is 0 Å². The standard InChI is InChI=1S/C13H22N4O/c1-4-9(2)16-12(18)7-8-15-13-11(14)6-5-10(3)17-13/h5-6,9H,4,7-8,14H2,1-3H3,(H,15,17)(H,16,18). The SMILES string of the molecule is CCC(C)NC(=O)CCNc1nc(C)ccc1N. The van der Waals surface area contributed by atoms with Gasteiger partial charge in [0.1, 0.15) is 5.82 Å². The molecular formula is C13H22N4O. The van der Waals surface area contributed by atoms with Gasteiger partial charge in [-0.1, -0.05) is 6.92 Å². The Kier molecular flexibility index (Phi) is 5.42. The largest absolute Gasteiger partial charge is 0.396 e. The zero-order chi connectivity index (χ0) is 13.5. The first kappa shape index (κ1) is 14.3. The van der Waals surface area contributed by atoms with Crippen LogP contribution >= 0.6 is 0 Å². The molecule has 0 spiro atoms. The summed E-state index contributed by atoms with van der Waals surface area (Å²) in [5.74, 6) is 0.689. The van der Waals surface area contributed by atoms with Crippen LogP contribution in [0, 0.1) is 6.92 Å². The zero-order valence-electron chi connectivity index (χ0n) is 11.3. The molecule has 1 heterocycles. The second kappa shape index (κ2) is 6.83. The number of nitrogens with one attached hydrogen (secondary N) is 2. The van der Waals surface area contributed by atoms with Crippen molar-refractivity contribution in [2.24, 2.45) is 0 Å². The molecule has 0 aliphatic rings. The highest BCUT2D eigenvalue weighted by atomic mass is 16.1. The van der Waals surface area contributed by atoms with Crippen LogP contribution in [0.2, 0.25) is 0 Å².